The lowest BCUT2D eigenvalue weighted by molar-refractivity contribution is -0.133. The van der Waals surface area contributed by atoms with Crippen LogP contribution >= 0.6 is 0 Å². The maximum absolute atomic E-state index is 12.8. The number of nitrogens with zero attached hydrogens (tertiary/aromatic N) is 1. The molecule has 4 atom stereocenters. The highest BCUT2D eigenvalue weighted by Gasteiger charge is 2.47. The van der Waals surface area contributed by atoms with Gasteiger partial charge in [0.25, 0.3) is 0 Å². The molecule has 0 aromatic carbocycles. The lowest BCUT2D eigenvalue weighted by Gasteiger charge is -2.28. The molecule has 0 bridgehead atoms. The summed E-state index contributed by atoms with van der Waals surface area (Å²) in [7, 11) is 0. The first-order chi connectivity index (χ1) is 9.35. The molecule has 1 N–H and O–H groups in total. The zero-order valence-corrected chi connectivity index (χ0v) is 13.9. The van der Waals surface area contributed by atoms with E-state index in [9.17, 15) is 4.79 Å². The number of hydrogen-bond donors (Lipinski definition) is 1. The molecule has 1 aliphatic carbocycles. The zero-order valence-electron chi connectivity index (χ0n) is 13.9. The van der Waals surface area contributed by atoms with Crippen molar-refractivity contribution >= 4 is 5.91 Å². The number of nitrogens with one attached hydrogen (secondary N) is 1. The summed E-state index contributed by atoms with van der Waals surface area (Å²) in [5, 5.41) is 3.61. The molecule has 2 aliphatic rings. The quantitative estimate of drug-likeness (QED) is 0.837. The van der Waals surface area contributed by atoms with E-state index in [0.717, 1.165) is 25.3 Å². The standard InChI is InChI=1S/C17H32N2O/c1-6-17(5)16(20)19(15(18-17)9-12(2)3)11-14-8-7-13(4)10-14/h12-15,18H,6-11H2,1-5H3. The third-order valence-electron chi connectivity index (χ3n) is 5.25. The first kappa shape index (κ1) is 15.8. The fourth-order valence-corrected chi connectivity index (χ4v) is 3.83. The van der Waals surface area contributed by atoms with Gasteiger partial charge in [-0.25, -0.2) is 0 Å². The van der Waals surface area contributed by atoms with Crippen molar-refractivity contribution in [3.8, 4) is 0 Å². The van der Waals surface area contributed by atoms with E-state index in [0.29, 0.717) is 17.7 Å². The summed E-state index contributed by atoms with van der Waals surface area (Å²) in [6, 6.07) is 0. The average Bonchev–Trinajstić information content (AvgIpc) is 2.87. The molecule has 2 fully saturated rings. The molecule has 0 spiro atoms. The van der Waals surface area contributed by atoms with Gasteiger partial charge in [0, 0.05) is 6.54 Å². The van der Waals surface area contributed by atoms with Gasteiger partial charge in [-0.15, -0.1) is 0 Å². The first-order valence-electron chi connectivity index (χ1n) is 8.44. The highest BCUT2D eigenvalue weighted by atomic mass is 16.2. The molecule has 0 radical (unpaired) electrons. The second kappa shape index (κ2) is 6.05. The summed E-state index contributed by atoms with van der Waals surface area (Å²) in [6.45, 7) is 12.0. The number of rotatable bonds is 5. The van der Waals surface area contributed by atoms with E-state index >= 15 is 0 Å². The van der Waals surface area contributed by atoms with E-state index in [1.165, 1.54) is 19.3 Å². The minimum atomic E-state index is -0.343. The summed E-state index contributed by atoms with van der Waals surface area (Å²) in [5.74, 6) is 2.49. The van der Waals surface area contributed by atoms with Crippen molar-refractivity contribution in [2.45, 2.75) is 78.4 Å². The SMILES string of the molecule is CCC1(C)NC(CC(C)C)N(CC2CCC(C)C2)C1=O. The molecule has 116 valence electrons. The average molecular weight is 280 g/mol. The van der Waals surface area contributed by atoms with Gasteiger partial charge in [0.1, 0.15) is 0 Å². The molecule has 1 aliphatic heterocycles. The first-order valence-corrected chi connectivity index (χ1v) is 8.44. The third-order valence-corrected chi connectivity index (χ3v) is 5.25. The number of hydrogen-bond acceptors (Lipinski definition) is 2. The van der Waals surface area contributed by atoms with E-state index in [2.05, 4.69) is 44.8 Å². The van der Waals surface area contributed by atoms with E-state index in [1.807, 2.05) is 0 Å². The zero-order chi connectivity index (χ0) is 14.9. The topological polar surface area (TPSA) is 32.3 Å². The smallest absolute Gasteiger partial charge is 0.243 e. The Morgan fingerprint density at radius 3 is 2.60 bits per heavy atom. The molecular formula is C17H32N2O. The van der Waals surface area contributed by atoms with E-state index < -0.39 is 0 Å². The van der Waals surface area contributed by atoms with Crippen LogP contribution in [0.2, 0.25) is 0 Å². The molecule has 0 aromatic rings. The minimum Gasteiger partial charge on any atom is -0.325 e. The Balaban J connectivity index is 2.07. The fourth-order valence-electron chi connectivity index (χ4n) is 3.83. The lowest BCUT2D eigenvalue weighted by Crippen LogP contribution is -2.44. The van der Waals surface area contributed by atoms with Crippen molar-refractivity contribution in [1.29, 1.82) is 0 Å². The minimum absolute atomic E-state index is 0.239. The van der Waals surface area contributed by atoms with Crippen molar-refractivity contribution in [1.82, 2.24) is 10.2 Å². The Morgan fingerprint density at radius 2 is 2.10 bits per heavy atom. The Morgan fingerprint density at radius 1 is 1.40 bits per heavy atom. The maximum Gasteiger partial charge on any atom is 0.243 e. The molecule has 2 rings (SSSR count). The van der Waals surface area contributed by atoms with Crippen LogP contribution in [0.25, 0.3) is 0 Å². The summed E-state index contributed by atoms with van der Waals surface area (Å²) in [6.07, 6.45) is 6.09. The summed E-state index contributed by atoms with van der Waals surface area (Å²) < 4.78 is 0. The normalized spacial score (nSPS) is 38.2. The second-order valence-electron chi connectivity index (χ2n) is 7.72. The van der Waals surface area contributed by atoms with Gasteiger partial charge in [-0.1, -0.05) is 34.1 Å². The molecule has 20 heavy (non-hydrogen) atoms. The van der Waals surface area contributed by atoms with Crippen LogP contribution < -0.4 is 5.32 Å². The predicted octanol–water partition coefficient (Wildman–Crippen LogP) is 3.40. The highest BCUT2D eigenvalue weighted by molar-refractivity contribution is 5.88. The van der Waals surface area contributed by atoms with Crippen LogP contribution in [0.15, 0.2) is 0 Å². The van der Waals surface area contributed by atoms with Gasteiger partial charge in [-0.2, -0.15) is 0 Å². The second-order valence-corrected chi connectivity index (χ2v) is 7.72. The van der Waals surface area contributed by atoms with Crippen LogP contribution in [0.1, 0.15) is 66.7 Å². The van der Waals surface area contributed by atoms with Gasteiger partial charge in [0.2, 0.25) is 5.91 Å². The van der Waals surface area contributed by atoms with Crippen molar-refractivity contribution in [3.63, 3.8) is 0 Å². The van der Waals surface area contributed by atoms with E-state index in [-0.39, 0.29) is 11.7 Å². The molecular weight excluding hydrogens is 248 g/mol. The lowest BCUT2D eigenvalue weighted by atomic mass is 9.99. The van der Waals surface area contributed by atoms with Crippen LogP contribution in [0.3, 0.4) is 0 Å². The van der Waals surface area contributed by atoms with Gasteiger partial charge < -0.3 is 4.90 Å². The molecule has 3 heteroatoms. The van der Waals surface area contributed by atoms with Crippen LogP contribution in [-0.2, 0) is 4.79 Å². The molecule has 1 heterocycles. The van der Waals surface area contributed by atoms with Crippen molar-refractivity contribution in [2.75, 3.05) is 6.54 Å². The van der Waals surface area contributed by atoms with Gasteiger partial charge >= 0.3 is 0 Å². The molecule has 3 nitrogen and oxygen atoms in total. The van der Waals surface area contributed by atoms with Crippen LogP contribution in [0.5, 0.6) is 0 Å². The third kappa shape index (κ3) is 3.19. The van der Waals surface area contributed by atoms with E-state index in [1.54, 1.807) is 0 Å². The Labute approximate surface area is 124 Å². The van der Waals surface area contributed by atoms with Gasteiger partial charge in [0.15, 0.2) is 0 Å². The van der Waals surface area contributed by atoms with E-state index in [4.69, 9.17) is 0 Å². The largest absolute Gasteiger partial charge is 0.325 e. The molecule has 1 amide bonds. The molecule has 0 aromatic heterocycles. The summed E-state index contributed by atoms with van der Waals surface area (Å²) in [5.41, 5.74) is -0.343. The van der Waals surface area contributed by atoms with Crippen molar-refractivity contribution < 1.29 is 4.79 Å². The molecule has 1 saturated carbocycles. The maximum atomic E-state index is 12.8. The van der Waals surface area contributed by atoms with Crippen LogP contribution in [0, 0.1) is 17.8 Å². The Bertz CT molecular complexity index is 355. The predicted molar refractivity (Wildman–Crippen MR) is 83.3 cm³/mol. The number of amides is 1. The molecule has 1 saturated heterocycles. The summed E-state index contributed by atoms with van der Waals surface area (Å²) in [4.78, 5) is 14.9. The van der Waals surface area contributed by atoms with Gasteiger partial charge in [-0.3, -0.25) is 10.1 Å². The van der Waals surface area contributed by atoms with Crippen molar-refractivity contribution in [3.05, 3.63) is 0 Å². The van der Waals surface area contributed by atoms with Gasteiger partial charge in [-0.05, 0) is 50.4 Å². The van der Waals surface area contributed by atoms with Gasteiger partial charge in [0.05, 0.1) is 11.7 Å². The number of carbonyl (C=O) groups is 1. The Hall–Kier alpha value is -0.570. The number of carbonyl (C=O) groups excluding carboxylic acids is 1. The van der Waals surface area contributed by atoms with Crippen LogP contribution in [0.4, 0.5) is 0 Å². The fraction of sp³-hybridized carbons (Fsp3) is 0.941. The molecule has 4 unspecified atom stereocenters. The Kier molecular flexibility index (Phi) is 4.78. The van der Waals surface area contributed by atoms with Crippen LogP contribution in [-0.4, -0.2) is 29.1 Å². The van der Waals surface area contributed by atoms with Crippen molar-refractivity contribution in [2.24, 2.45) is 17.8 Å². The summed E-state index contributed by atoms with van der Waals surface area (Å²) >= 11 is 0. The highest BCUT2D eigenvalue weighted by Crippen LogP contribution is 2.34. The monoisotopic (exact) mass is 280 g/mol.